The summed E-state index contributed by atoms with van der Waals surface area (Å²) in [4.78, 5) is 18.9. The zero-order valence-electron chi connectivity index (χ0n) is 15.1. The van der Waals surface area contributed by atoms with E-state index in [0.29, 0.717) is 19.7 Å². The number of nitrogens with one attached hydrogen (secondary N) is 2. The predicted molar refractivity (Wildman–Crippen MR) is 100 cm³/mol. The second-order valence-electron chi connectivity index (χ2n) is 6.51. The van der Waals surface area contributed by atoms with Crippen LogP contribution >= 0.6 is 0 Å². The maximum absolute atomic E-state index is 12.5. The summed E-state index contributed by atoms with van der Waals surface area (Å²) in [5, 5.41) is 6.43. The SMILES string of the molecule is COCc1cccc(CNC(=O)CN2CCNCC2c2cccnc2)c1. The van der Waals surface area contributed by atoms with E-state index in [1.165, 1.54) is 0 Å². The molecule has 1 unspecified atom stereocenters. The molecule has 0 aliphatic carbocycles. The Morgan fingerprint density at radius 2 is 2.23 bits per heavy atom. The fourth-order valence-corrected chi connectivity index (χ4v) is 3.27. The number of amides is 1. The van der Waals surface area contributed by atoms with E-state index in [9.17, 15) is 4.79 Å². The molecule has 26 heavy (non-hydrogen) atoms. The van der Waals surface area contributed by atoms with Crippen molar-refractivity contribution in [3.8, 4) is 0 Å². The second kappa shape index (κ2) is 9.43. The molecule has 138 valence electrons. The second-order valence-corrected chi connectivity index (χ2v) is 6.51. The lowest BCUT2D eigenvalue weighted by Gasteiger charge is -2.35. The molecule has 0 spiro atoms. The molecule has 1 aromatic heterocycles. The number of carbonyl (C=O) groups excluding carboxylic acids is 1. The van der Waals surface area contributed by atoms with E-state index >= 15 is 0 Å². The van der Waals surface area contributed by atoms with Crippen LogP contribution in [0.2, 0.25) is 0 Å². The maximum atomic E-state index is 12.5. The number of rotatable bonds is 7. The van der Waals surface area contributed by atoms with Crippen molar-refractivity contribution in [2.45, 2.75) is 19.2 Å². The minimum atomic E-state index is 0.0398. The monoisotopic (exact) mass is 354 g/mol. The number of benzene rings is 1. The summed E-state index contributed by atoms with van der Waals surface area (Å²) in [6.07, 6.45) is 3.65. The summed E-state index contributed by atoms with van der Waals surface area (Å²) >= 11 is 0. The minimum Gasteiger partial charge on any atom is -0.380 e. The van der Waals surface area contributed by atoms with Gasteiger partial charge in [0, 0.05) is 51.7 Å². The summed E-state index contributed by atoms with van der Waals surface area (Å²) in [6, 6.07) is 12.3. The number of hydrogen-bond acceptors (Lipinski definition) is 5. The summed E-state index contributed by atoms with van der Waals surface area (Å²) in [6.45, 7) is 4.06. The highest BCUT2D eigenvalue weighted by Crippen LogP contribution is 2.20. The van der Waals surface area contributed by atoms with Gasteiger partial charge in [0.05, 0.1) is 13.2 Å². The molecule has 3 rings (SSSR count). The van der Waals surface area contributed by atoms with E-state index in [4.69, 9.17) is 4.74 Å². The van der Waals surface area contributed by atoms with Crippen molar-refractivity contribution in [3.63, 3.8) is 0 Å². The van der Waals surface area contributed by atoms with Crippen LogP contribution in [0.15, 0.2) is 48.8 Å². The molecular formula is C20H26N4O2. The van der Waals surface area contributed by atoms with Crippen LogP contribution in [0.4, 0.5) is 0 Å². The first-order valence-corrected chi connectivity index (χ1v) is 8.94. The van der Waals surface area contributed by atoms with Crippen LogP contribution in [0.3, 0.4) is 0 Å². The van der Waals surface area contributed by atoms with E-state index in [1.54, 1.807) is 13.3 Å². The molecule has 6 heteroatoms. The molecule has 2 aromatic rings. The van der Waals surface area contributed by atoms with Gasteiger partial charge >= 0.3 is 0 Å². The third kappa shape index (κ3) is 5.11. The highest BCUT2D eigenvalue weighted by molar-refractivity contribution is 5.78. The van der Waals surface area contributed by atoms with Gasteiger partial charge in [-0.2, -0.15) is 0 Å². The maximum Gasteiger partial charge on any atom is 0.234 e. The van der Waals surface area contributed by atoms with Crippen molar-refractivity contribution in [1.29, 1.82) is 0 Å². The van der Waals surface area contributed by atoms with Crippen molar-refractivity contribution >= 4 is 5.91 Å². The first kappa shape index (κ1) is 18.5. The van der Waals surface area contributed by atoms with E-state index in [2.05, 4.69) is 32.7 Å². The lowest BCUT2D eigenvalue weighted by Crippen LogP contribution is -2.49. The van der Waals surface area contributed by atoms with Crippen LogP contribution in [0.1, 0.15) is 22.7 Å². The Kier molecular flexibility index (Phi) is 6.71. The van der Waals surface area contributed by atoms with Crippen molar-refractivity contribution in [2.24, 2.45) is 0 Å². The fourth-order valence-electron chi connectivity index (χ4n) is 3.27. The van der Waals surface area contributed by atoms with Gasteiger partial charge in [-0.25, -0.2) is 0 Å². The average molecular weight is 354 g/mol. The van der Waals surface area contributed by atoms with Crippen molar-refractivity contribution in [2.75, 3.05) is 33.3 Å². The van der Waals surface area contributed by atoms with Gasteiger partial charge in [-0.1, -0.05) is 30.3 Å². The number of piperazine rings is 1. The largest absolute Gasteiger partial charge is 0.380 e. The lowest BCUT2D eigenvalue weighted by molar-refractivity contribution is -0.123. The highest BCUT2D eigenvalue weighted by Gasteiger charge is 2.25. The van der Waals surface area contributed by atoms with Gasteiger partial charge in [0.15, 0.2) is 0 Å². The molecule has 1 saturated heterocycles. The summed E-state index contributed by atoms with van der Waals surface area (Å²) in [5.41, 5.74) is 3.33. The number of hydrogen-bond donors (Lipinski definition) is 2. The third-order valence-corrected chi connectivity index (χ3v) is 4.56. The molecular weight excluding hydrogens is 328 g/mol. The molecule has 6 nitrogen and oxygen atoms in total. The molecule has 1 atom stereocenters. The molecule has 2 N–H and O–H groups in total. The topological polar surface area (TPSA) is 66.5 Å². The molecule has 1 aromatic carbocycles. The van der Waals surface area contributed by atoms with Crippen molar-refractivity contribution in [1.82, 2.24) is 20.5 Å². The van der Waals surface area contributed by atoms with E-state index < -0.39 is 0 Å². The van der Waals surface area contributed by atoms with Gasteiger partial charge in [0.25, 0.3) is 0 Å². The van der Waals surface area contributed by atoms with Gasteiger partial charge in [-0.15, -0.1) is 0 Å². The number of aromatic nitrogens is 1. The molecule has 0 radical (unpaired) electrons. The zero-order valence-corrected chi connectivity index (χ0v) is 15.1. The number of nitrogens with zero attached hydrogens (tertiary/aromatic N) is 2. The molecule has 0 bridgehead atoms. The van der Waals surface area contributed by atoms with E-state index in [-0.39, 0.29) is 11.9 Å². The van der Waals surface area contributed by atoms with Crippen LogP contribution in [0.25, 0.3) is 0 Å². The molecule has 1 amide bonds. The smallest absolute Gasteiger partial charge is 0.234 e. The van der Waals surface area contributed by atoms with E-state index in [1.807, 2.05) is 30.5 Å². The minimum absolute atomic E-state index is 0.0398. The fraction of sp³-hybridized carbons (Fsp3) is 0.400. The number of pyridine rings is 1. The van der Waals surface area contributed by atoms with Gasteiger partial charge in [-0.05, 0) is 22.8 Å². The van der Waals surface area contributed by atoms with Crippen LogP contribution in [0, 0.1) is 0 Å². The van der Waals surface area contributed by atoms with Crippen LogP contribution in [-0.2, 0) is 22.7 Å². The lowest BCUT2D eigenvalue weighted by atomic mass is 10.1. The summed E-state index contributed by atoms with van der Waals surface area (Å²) in [7, 11) is 1.68. The average Bonchev–Trinajstić information content (AvgIpc) is 2.68. The summed E-state index contributed by atoms with van der Waals surface area (Å²) in [5.74, 6) is 0.0398. The Hall–Kier alpha value is -2.28. The molecule has 0 saturated carbocycles. The Balaban J connectivity index is 1.55. The number of methoxy groups -OCH3 is 1. The highest BCUT2D eigenvalue weighted by atomic mass is 16.5. The number of carbonyl (C=O) groups is 1. The van der Waals surface area contributed by atoms with Crippen LogP contribution in [0.5, 0.6) is 0 Å². The Morgan fingerprint density at radius 1 is 1.35 bits per heavy atom. The molecule has 1 aliphatic rings. The molecule has 1 aliphatic heterocycles. The molecule has 1 fully saturated rings. The van der Waals surface area contributed by atoms with Crippen LogP contribution in [-0.4, -0.2) is 49.1 Å². The van der Waals surface area contributed by atoms with Crippen molar-refractivity contribution in [3.05, 3.63) is 65.5 Å². The quantitative estimate of drug-likeness (QED) is 0.789. The number of ether oxygens (including phenoxy) is 1. The third-order valence-electron chi connectivity index (χ3n) is 4.56. The van der Waals surface area contributed by atoms with Gasteiger partial charge in [-0.3, -0.25) is 14.7 Å². The van der Waals surface area contributed by atoms with Gasteiger partial charge in [0.1, 0.15) is 0 Å². The predicted octanol–water partition coefficient (Wildman–Crippen LogP) is 1.49. The Labute approximate surface area is 154 Å². The first-order valence-electron chi connectivity index (χ1n) is 8.94. The van der Waals surface area contributed by atoms with E-state index in [0.717, 1.165) is 36.3 Å². The zero-order chi connectivity index (χ0) is 18.2. The Bertz CT molecular complexity index is 708. The van der Waals surface area contributed by atoms with Gasteiger partial charge < -0.3 is 15.4 Å². The normalized spacial score (nSPS) is 17.8. The summed E-state index contributed by atoms with van der Waals surface area (Å²) < 4.78 is 5.16. The van der Waals surface area contributed by atoms with Crippen LogP contribution < -0.4 is 10.6 Å². The molecule has 2 heterocycles. The first-order chi connectivity index (χ1) is 12.8. The standard InChI is InChI=1S/C20H26N4O2/c1-26-15-17-5-2-4-16(10-17)11-23-20(25)14-24-9-8-22-13-19(24)18-6-3-7-21-12-18/h2-7,10,12,19,22H,8-9,11,13-15H2,1H3,(H,23,25). The van der Waals surface area contributed by atoms with Gasteiger partial charge in [0.2, 0.25) is 5.91 Å². The Morgan fingerprint density at radius 3 is 3.04 bits per heavy atom. The van der Waals surface area contributed by atoms with Crippen molar-refractivity contribution < 1.29 is 9.53 Å².